The van der Waals surface area contributed by atoms with E-state index in [2.05, 4.69) is 0 Å². The predicted molar refractivity (Wildman–Crippen MR) is 73.5 cm³/mol. The highest BCUT2D eigenvalue weighted by Gasteiger charge is 2.25. The fraction of sp³-hybridized carbons (Fsp3) is 0.533. The number of aliphatic carboxylic acids is 1. The van der Waals surface area contributed by atoms with E-state index in [4.69, 9.17) is 5.11 Å². The van der Waals surface area contributed by atoms with Crippen molar-refractivity contribution in [1.29, 1.82) is 0 Å². The molecular weight excluding hydrogens is 264 g/mol. The molecule has 0 spiro atoms. The molecule has 1 N–H and O–H groups in total. The van der Waals surface area contributed by atoms with Crippen molar-refractivity contribution in [2.75, 3.05) is 13.1 Å². The third kappa shape index (κ3) is 4.56. The summed E-state index contributed by atoms with van der Waals surface area (Å²) in [6.07, 6.45) is 1.50. The second-order valence-corrected chi connectivity index (χ2v) is 4.82. The van der Waals surface area contributed by atoms with Crippen LogP contribution < -0.4 is 0 Å². The number of carboxylic acid groups (broad SMARTS) is 1. The van der Waals surface area contributed by atoms with Gasteiger partial charge in [-0.15, -0.1) is 0 Å². The number of nitrogens with zero attached hydrogens (tertiary/aromatic N) is 1. The number of carboxylic acids is 1. The summed E-state index contributed by atoms with van der Waals surface area (Å²) in [5.41, 5.74) is 0.246. The molecule has 0 amide bonds. The van der Waals surface area contributed by atoms with Crippen LogP contribution in [0.4, 0.5) is 8.78 Å². The maximum absolute atomic E-state index is 13.9. The van der Waals surface area contributed by atoms with Crippen molar-refractivity contribution in [3.05, 3.63) is 35.4 Å². The zero-order chi connectivity index (χ0) is 15.1. The van der Waals surface area contributed by atoms with Crippen LogP contribution in [0.1, 0.15) is 44.7 Å². The van der Waals surface area contributed by atoms with E-state index in [1.807, 2.05) is 18.7 Å². The Hall–Kier alpha value is -1.49. The molecule has 0 saturated heterocycles. The topological polar surface area (TPSA) is 40.5 Å². The van der Waals surface area contributed by atoms with E-state index in [0.29, 0.717) is 13.1 Å². The Balaban J connectivity index is 3.11. The fourth-order valence-corrected chi connectivity index (χ4v) is 2.37. The van der Waals surface area contributed by atoms with Gasteiger partial charge in [-0.1, -0.05) is 19.9 Å². The average Bonchev–Trinajstić information content (AvgIpc) is 2.36. The second-order valence-electron chi connectivity index (χ2n) is 4.82. The predicted octanol–water partition coefficient (Wildman–Crippen LogP) is 3.60. The van der Waals surface area contributed by atoms with Crippen molar-refractivity contribution in [3.63, 3.8) is 0 Å². The maximum atomic E-state index is 13.9. The summed E-state index contributed by atoms with van der Waals surface area (Å²) in [6.45, 7) is 5.34. The standard InChI is InChI=1S/C15H21F2NO2/c1-3-7-18(8-4-2)14(10-15(19)20)12-6-5-11(16)9-13(12)17/h5-6,9,14H,3-4,7-8,10H2,1-2H3,(H,19,20). The zero-order valence-electron chi connectivity index (χ0n) is 11.9. The summed E-state index contributed by atoms with van der Waals surface area (Å²) < 4.78 is 26.9. The lowest BCUT2D eigenvalue weighted by Gasteiger charge is -2.31. The minimum absolute atomic E-state index is 0.192. The molecule has 20 heavy (non-hydrogen) atoms. The lowest BCUT2D eigenvalue weighted by molar-refractivity contribution is -0.138. The van der Waals surface area contributed by atoms with E-state index in [-0.39, 0.29) is 12.0 Å². The van der Waals surface area contributed by atoms with Gasteiger partial charge in [0.05, 0.1) is 6.42 Å². The van der Waals surface area contributed by atoms with E-state index in [9.17, 15) is 13.6 Å². The summed E-state index contributed by atoms with van der Waals surface area (Å²) in [6, 6.07) is 2.76. The van der Waals surface area contributed by atoms with Gasteiger partial charge >= 0.3 is 5.97 Å². The molecule has 1 atom stereocenters. The minimum atomic E-state index is -0.990. The number of hydrogen-bond donors (Lipinski definition) is 1. The highest BCUT2D eigenvalue weighted by Crippen LogP contribution is 2.27. The Kier molecular flexibility index (Phi) is 6.58. The number of carbonyl (C=O) groups is 1. The summed E-state index contributed by atoms with van der Waals surface area (Å²) in [5.74, 6) is -2.33. The van der Waals surface area contributed by atoms with Crippen LogP contribution in [0.15, 0.2) is 18.2 Å². The largest absolute Gasteiger partial charge is 0.481 e. The molecule has 0 radical (unpaired) electrons. The summed E-state index contributed by atoms with van der Waals surface area (Å²) in [4.78, 5) is 13.0. The van der Waals surface area contributed by atoms with Crippen molar-refractivity contribution >= 4 is 5.97 Å². The van der Waals surface area contributed by atoms with Crippen LogP contribution in [0.2, 0.25) is 0 Å². The Morgan fingerprint density at radius 3 is 2.30 bits per heavy atom. The van der Waals surface area contributed by atoms with E-state index >= 15 is 0 Å². The van der Waals surface area contributed by atoms with Crippen LogP contribution in [0.25, 0.3) is 0 Å². The highest BCUT2D eigenvalue weighted by atomic mass is 19.1. The molecule has 0 aliphatic carbocycles. The lowest BCUT2D eigenvalue weighted by Crippen LogP contribution is -2.32. The van der Waals surface area contributed by atoms with Gasteiger partial charge in [0, 0.05) is 17.7 Å². The molecule has 0 aliphatic rings. The molecule has 0 aromatic heterocycles. The molecule has 3 nitrogen and oxygen atoms in total. The molecule has 1 rings (SSSR count). The maximum Gasteiger partial charge on any atom is 0.305 e. The van der Waals surface area contributed by atoms with E-state index in [1.165, 1.54) is 12.1 Å². The second kappa shape index (κ2) is 7.94. The summed E-state index contributed by atoms with van der Waals surface area (Å²) in [7, 11) is 0. The fourth-order valence-electron chi connectivity index (χ4n) is 2.37. The quantitative estimate of drug-likeness (QED) is 0.793. The first-order valence-corrected chi connectivity index (χ1v) is 6.90. The molecule has 0 aliphatic heterocycles. The number of benzene rings is 1. The van der Waals surface area contributed by atoms with Gasteiger partial charge in [0.1, 0.15) is 11.6 Å². The molecule has 0 bridgehead atoms. The van der Waals surface area contributed by atoms with Crippen LogP contribution >= 0.6 is 0 Å². The van der Waals surface area contributed by atoms with Crippen LogP contribution in [-0.4, -0.2) is 29.1 Å². The normalized spacial score (nSPS) is 12.7. The average molecular weight is 285 g/mol. The molecule has 1 unspecified atom stereocenters. The van der Waals surface area contributed by atoms with Crippen LogP contribution in [0, 0.1) is 11.6 Å². The van der Waals surface area contributed by atoms with Gasteiger partial charge in [-0.05, 0) is 32.0 Å². The van der Waals surface area contributed by atoms with Gasteiger partial charge in [0.25, 0.3) is 0 Å². The molecule has 1 aromatic rings. The van der Waals surface area contributed by atoms with Crippen molar-refractivity contribution in [3.8, 4) is 0 Å². The first-order valence-electron chi connectivity index (χ1n) is 6.90. The Morgan fingerprint density at radius 2 is 1.85 bits per heavy atom. The first kappa shape index (κ1) is 16.6. The molecule has 112 valence electrons. The van der Waals surface area contributed by atoms with Crippen molar-refractivity contribution in [2.24, 2.45) is 0 Å². The van der Waals surface area contributed by atoms with E-state index < -0.39 is 23.6 Å². The van der Waals surface area contributed by atoms with E-state index in [0.717, 1.165) is 18.9 Å². The van der Waals surface area contributed by atoms with Gasteiger partial charge in [-0.25, -0.2) is 8.78 Å². The molecular formula is C15H21F2NO2. The molecule has 0 heterocycles. The van der Waals surface area contributed by atoms with Gasteiger partial charge in [0.2, 0.25) is 0 Å². The number of halogens is 2. The van der Waals surface area contributed by atoms with Crippen LogP contribution in [-0.2, 0) is 4.79 Å². The molecule has 5 heteroatoms. The Labute approximate surface area is 118 Å². The Morgan fingerprint density at radius 1 is 1.25 bits per heavy atom. The third-order valence-corrected chi connectivity index (χ3v) is 3.15. The van der Waals surface area contributed by atoms with Crippen LogP contribution in [0.3, 0.4) is 0 Å². The van der Waals surface area contributed by atoms with Gasteiger partial charge in [-0.3, -0.25) is 9.69 Å². The van der Waals surface area contributed by atoms with E-state index in [1.54, 1.807) is 0 Å². The smallest absolute Gasteiger partial charge is 0.305 e. The molecule has 1 aromatic carbocycles. The Bertz CT molecular complexity index is 445. The van der Waals surface area contributed by atoms with Crippen molar-refractivity contribution < 1.29 is 18.7 Å². The third-order valence-electron chi connectivity index (χ3n) is 3.15. The number of rotatable bonds is 8. The summed E-state index contributed by atoms with van der Waals surface area (Å²) >= 11 is 0. The molecule has 0 fully saturated rings. The zero-order valence-corrected chi connectivity index (χ0v) is 11.9. The van der Waals surface area contributed by atoms with Gasteiger partial charge < -0.3 is 5.11 Å². The SMILES string of the molecule is CCCN(CCC)C(CC(=O)O)c1ccc(F)cc1F. The van der Waals surface area contributed by atoms with Gasteiger partial charge in [-0.2, -0.15) is 0 Å². The van der Waals surface area contributed by atoms with Crippen molar-refractivity contribution in [2.45, 2.75) is 39.2 Å². The number of hydrogen-bond acceptors (Lipinski definition) is 2. The van der Waals surface area contributed by atoms with Crippen LogP contribution in [0.5, 0.6) is 0 Å². The monoisotopic (exact) mass is 285 g/mol. The lowest BCUT2D eigenvalue weighted by atomic mass is 10.0. The summed E-state index contributed by atoms with van der Waals surface area (Å²) in [5, 5.41) is 9.05. The van der Waals surface area contributed by atoms with Gasteiger partial charge in [0.15, 0.2) is 0 Å². The highest BCUT2D eigenvalue weighted by molar-refractivity contribution is 5.68. The van der Waals surface area contributed by atoms with Crippen molar-refractivity contribution in [1.82, 2.24) is 4.90 Å². The minimum Gasteiger partial charge on any atom is -0.481 e. The molecule has 0 saturated carbocycles. The first-order chi connectivity index (χ1) is 9.49.